The molecule has 0 saturated heterocycles. The third kappa shape index (κ3) is 17.2. The molecule has 0 bridgehead atoms. The van der Waals surface area contributed by atoms with Crippen molar-refractivity contribution >= 4 is 94.8 Å². The van der Waals surface area contributed by atoms with E-state index in [1.807, 2.05) is 30.3 Å². The minimum absolute atomic E-state index is 0.0412. The molecule has 2 unspecified atom stereocenters. The number of nitrogens with zero attached hydrogens (tertiary/aromatic N) is 3. The number of carboxylic acid groups (broad SMARTS) is 1. The van der Waals surface area contributed by atoms with Gasteiger partial charge in [0.15, 0.2) is 18.3 Å². The summed E-state index contributed by atoms with van der Waals surface area (Å²) in [6.07, 6.45) is 11.6. The van der Waals surface area contributed by atoms with Gasteiger partial charge in [0.05, 0.1) is 12.3 Å². The number of carboxylic acids is 1. The van der Waals surface area contributed by atoms with Crippen molar-refractivity contribution in [3.8, 4) is 17.0 Å². The molecule has 5 rings (SSSR count). The largest absolute Gasteiger partial charge is 0.480 e. The number of amides is 2. The Morgan fingerprint density at radius 3 is 2.18 bits per heavy atom. The van der Waals surface area contributed by atoms with Gasteiger partial charge in [-0.3, -0.25) is 18.9 Å². The summed E-state index contributed by atoms with van der Waals surface area (Å²) in [6, 6.07) is 14.7. The van der Waals surface area contributed by atoms with Crippen LogP contribution in [0.15, 0.2) is 70.8 Å². The number of imide groups is 1. The molecule has 336 valence electrons. The smallest absolute Gasteiger partial charge is 0.372 e. The van der Waals surface area contributed by atoms with Crippen LogP contribution in [0.4, 0.5) is 10.5 Å². The summed E-state index contributed by atoms with van der Waals surface area (Å²) in [4.78, 5) is 69.1. The Balaban J connectivity index is 0.000000268. The maximum Gasteiger partial charge on any atom is 0.372 e. The van der Waals surface area contributed by atoms with Crippen LogP contribution in [0.5, 0.6) is 5.75 Å². The molecular weight excluding hydrogens is 902 g/mol. The maximum atomic E-state index is 12.7. The molecule has 1 aromatic heterocycles. The lowest BCUT2D eigenvalue weighted by molar-refractivity contribution is -0.139. The van der Waals surface area contributed by atoms with Crippen molar-refractivity contribution in [1.82, 2.24) is 10.2 Å². The van der Waals surface area contributed by atoms with Gasteiger partial charge in [-0.05, 0) is 87.0 Å². The van der Waals surface area contributed by atoms with E-state index in [9.17, 15) is 28.5 Å². The van der Waals surface area contributed by atoms with E-state index in [4.69, 9.17) is 60.0 Å². The lowest BCUT2D eigenvalue weighted by Crippen LogP contribution is -2.31. The van der Waals surface area contributed by atoms with Gasteiger partial charge in [-0.25, -0.2) is 14.5 Å². The summed E-state index contributed by atoms with van der Waals surface area (Å²) in [5, 5.41) is 16.3. The van der Waals surface area contributed by atoms with E-state index in [1.165, 1.54) is 61.2 Å². The molecular formula is C43H52Cl3N4O10PS. The second kappa shape index (κ2) is 26.5. The van der Waals surface area contributed by atoms with Crippen molar-refractivity contribution in [2.45, 2.75) is 90.5 Å². The molecule has 1 aliphatic carbocycles. The number of aliphatic carboxylic acids is 1. The van der Waals surface area contributed by atoms with Crippen molar-refractivity contribution in [3.05, 3.63) is 86.5 Å². The van der Waals surface area contributed by atoms with E-state index < -0.39 is 25.3 Å². The van der Waals surface area contributed by atoms with Gasteiger partial charge in [-0.15, -0.1) is 10.2 Å². The maximum absolute atomic E-state index is 12.7. The highest BCUT2D eigenvalue weighted by atomic mass is 35.5. The van der Waals surface area contributed by atoms with Crippen molar-refractivity contribution in [3.63, 3.8) is 0 Å². The van der Waals surface area contributed by atoms with Crippen LogP contribution < -0.4 is 15.4 Å². The number of rotatable bonds is 17. The quantitative estimate of drug-likeness (QED) is 0.0377. The standard InChI is InChI=1S/C19H17Cl2NO4.C19H23ClN2O2S.C5H12NO4P/c1-2-26-19(25)16(21)10-11-9-12(7-8-15(11)20)22-17(23)13-5-3-4-6-14(13)18(22)24;1-2-3-4-5-6-10-13-25-19(23)24-16-14-17(20)21-22-18(16)15-11-8-7-9-12-15;1-11(9,10)3-2-4(6)5(7)8/h7-10H,2-6H2,1H3;7-9,11-12,14H,2-6,10,13H2,1H3;4H,2-3,6H2,1H3,(H,7,8)(H,9,10)/b16-10-;;. The molecule has 0 radical (unpaired) electrons. The number of carbonyl (C=O) groups is 5. The Labute approximate surface area is 381 Å². The van der Waals surface area contributed by atoms with Gasteiger partial charge in [0.2, 0.25) is 0 Å². The minimum Gasteiger partial charge on any atom is -0.480 e. The van der Waals surface area contributed by atoms with Crippen LogP contribution in [0, 0.1) is 0 Å². The Kier molecular flexibility index (Phi) is 22.4. The van der Waals surface area contributed by atoms with Crippen LogP contribution in [0.3, 0.4) is 0 Å². The minimum atomic E-state index is -3.10. The van der Waals surface area contributed by atoms with Gasteiger partial charge >= 0.3 is 17.2 Å². The molecule has 2 aromatic carbocycles. The zero-order valence-corrected chi connectivity index (χ0v) is 38.8. The molecule has 19 heteroatoms. The highest BCUT2D eigenvalue weighted by Crippen LogP contribution is 2.38. The first-order valence-corrected chi connectivity index (χ1v) is 24.5. The van der Waals surface area contributed by atoms with Gasteiger partial charge in [0.1, 0.15) is 16.8 Å². The van der Waals surface area contributed by atoms with E-state index >= 15 is 0 Å². The average Bonchev–Trinajstić information content (AvgIpc) is 3.49. The number of esters is 1. The lowest BCUT2D eigenvalue weighted by Gasteiger charge is -2.16. The van der Waals surface area contributed by atoms with Crippen LogP contribution in [-0.2, 0) is 28.5 Å². The molecule has 0 spiro atoms. The number of nitrogens with two attached hydrogens (primary N) is 1. The predicted molar refractivity (Wildman–Crippen MR) is 245 cm³/mol. The van der Waals surface area contributed by atoms with E-state index in [1.54, 1.807) is 25.1 Å². The van der Waals surface area contributed by atoms with Gasteiger partial charge in [-0.1, -0.05) is 104 Å². The third-order valence-electron chi connectivity index (χ3n) is 9.24. The highest BCUT2D eigenvalue weighted by molar-refractivity contribution is 8.13. The molecule has 3 aromatic rings. The van der Waals surface area contributed by atoms with Crippen LogP contribution in [0.1, 0.15) is 90.0 Å². The van der Waals surface area contributed by atoms with E-state index in [2.05, 4.69) is 17.1 Å². The molecule has 14 nitrogen and oxygen atoms in total. The second-order valence-electron chi connectivity index (χ2n) is 14.3. The van der Waals surface area contributed by atoms with E-state index in [-0.39, 0.29) is 46.5 Å². The van der Waals surface area contributed by atoms with E-state index in [0.717, 1.165) is 37.0 Å². The SMILES string of the molecule is CCCCCCCCSC(=O)Oc1cc(Cl)nnc1-c1ccccc1.CCOC(=O)/C(Cl)=C/c1cc(N2C(=O)C3=C(CCCC3)C2=O)ccc1Cl.CP(=O)(O)CCC(N)C(=O)O. The number of hydrogen-bond acceptors (Lipinski definition) is 12. The average molecular weight is 954 g/mol. The van der Waals surface area contributed by atoms with Crippen molar-refractivity contribution in [2.24, 2.45) is 5.73 Å². The Morgan fingerprint density at radius 1 is 0.952 bits per heavy atom. The van der Waals surface area contributed by atoms with E-state index in [0.29, 0.717) is 51.7 Å². The Bertz CT molecular complexity index is 2120. The molecule has 2 aliphatic rings. The summed E-state index contributed by atoms with van der Waals surface area (Å²) in [6.45, 7) is 5.26. The third-order valence-corrected chi connectivity index (χ3v) is 11.9. The first kappa shape index (κ1) is 52.3. The Hall–Kier alpha value is -4.08. The predicted octanol–water partition coefficient (Wildman–Crippen LogP) is 10.3. The summed E-state index contributed by atoms with van der Waals surface area (Å²) >= 11 is 19.2. The highest BCUT2D eigenvalue weighted by Gasteiger charge is 2.39. The number of hydrogen-bond donors (Lipinski definition) is 3. The van der Waals surface area contributed by atoms with Crippen LogP contribution in [0.25, 0.3) is 17.3 Å². The number of unbranched alkanes of at least 4 members (excludes halogenated alkanes) is 5. The van der Waals surface area contributed by atoms with Crippen LogP contribution in [0.2, 0.25) is 10.2 Å². The zero-order valence-electron chi connectivity index (χ0n) is 34.8. The zero-order chi connectivity index (χ0) is 45.8. The number of benzene rings is 2. The lowest BCUT2D eigenvalue weighted by atomic mass is 9.93. The van der Waals surface area contributed by atoms with Crippen LogP contribution in [-0.4, -0.2) is 80.5 Å². The fraction of sp³-hybridized carbons (Fsp3) is 0.419. The molecule has 1 aliphatic heterocycles. The number of aromatic nitrogens is 2. The van der Waals surface area contributed by atoms with Gasteiger partial charge < -0.3 is 25.2 Å². The molecule has 4 N–H and O–H groups in total. The summed E-state index contributed by atoms with van der Waals surface area (Å²) in [7, 11) is -3.10. The van der Waals surface area contributed by atoms with Gasteiger partial charge in [0.25, 0.3) is 11.8 Å². The summed E-state index contributed by atoms with van der Waals surface area (Å²) in [5.74, 6) is -1.26. The number of ether oxygens (including phenoxy) is 2. The fourth-order valence-corrected chi connectivity index (χ4v) is 7.94. The number of carbonyl (C=O) groups excluding carboxylic acids is 4. The first-order chi connectivity index (χ1) is 29.5. The fourth-order valence-electron chi connectivity index (χ4n) is 6.04. The number of halogens is 3. The van der Waals surface area contributed by atoms with Gasteiger partial charge in [-0.2, -0.15) is 0 Å². The summed E-state index contributed by atoms with van der Waals surface area (Å²) < 4.78 is 20.9. The first-order valence-electron chi connectivity index (χ1n) is 20.1. The molecule has 0 saturated carbocycles. The normalized spacial score (nSPS) is 15.0. The molecule has 0 fully saturated rings. The Morgan fingerprint density at radius 2 is 1.58 bits per heavy atom. The van der Waals surface area contributed by atoms with Crippen molar-refractivity contribution in [1.29, 1.82) is 0 Å². The molecule has 2 heterocycles. The molecule has 62 heavy (non-hydrogen) atoms. The number of anilines is 1. The number of thioether (sulfide) groups is 1. The van der Waals surface area contributed by atoms with Crippen molar-refractivity contribution in [2.75, 3.05) is 30.1 Å². The monoisotopic (exact) mass is 952 g/mol. The van der Waals surface area contributed by atoms with Crippen molar-refractivity contribution < 1.29 is 48.0 Å². The van der Waals surface area contributed by atoms with Crippen LogP contribution >= 0.6 is 53.9 Å². The molecule has 2 amide bonds. The topological polar surface area (TPSA) is 216 Å². The molecule has 2 atom stereocenters. The summed E-state index contributed by atoms with van der Waals surface area (Å²) in [5.41, 5.74) is 8.48. The second-order valence-corrected chi connectivity index (χ2v) is 19.0. The van der Waals surface area contributed by atoms with Gasteiger partial charge in [0, 0.05) is 46.4 Å².